The fourth-order valence-corrected chi connectivity index (χ4v) is 5.08. The van der Waals surface area contributed by atoms with Gasteiger partial charge in [-0.05, 0) is 37.9 Å². The van der Waals surface area contributed by atoms with Gasteiger partial charge >= 0.3 is 0 Å². The third-order valence-corrected chi connectivity index (χ3v) is 6.97. The Balaban J connectivity index is 1.43. The molecule has 8 heteroatoms. The molecule has 3 heterocycles. The number of anilines is 1. The molecule has 1 aliphatic heterocycles. The molecule has 0 radical (unpaired) electrons. The predicted octanol–water partition coefficient (Wildman–Crippen LogP) is 2.40. The normalized spacial score (nSPS) is 20.8. The topological polar surface area (TPSA) is 89.5 Å². The highest BCUT2D eigenvalue weighted by atomic mass is 16.5. The number of rotatable bonds is 5. The minimum Gasteiger partial charge on any atom is -0.496 e. The molecule has 1 aliphatic carbocycles. The summed E-state index contributed by atoms with van der Waals surface area (Å²) >= 11 is 0. The summed E-state index contributed by atoms with van der Waals surface area (Å²) < 4.78 is 7.62. The number of para-hydroxylation sites is 1. The Morgan fingerprint density at radius 2 is 2.00 bits per heavy atom. The Bertz CT molecular complexity index is 1370. The standard InChI is InChI=1S/C27H30N6O2/c1-31(2)13-7-10-23(34)33-14-19-17(20(19)15-33)11-12-21-24(18-8-5-6-9-22(18)35-4)25-26(28)29-16-30-27(25)32(21)3/h5-10,16-17,19-20H,13-15H2,1-4H3,(H2,28,29,30)/b10-7+. The summed E-state index contributed by atoms with van der Waals surface area (Å²) in [5.41, 5.74) is 9.67. The predicted molar refractivity (Wildman–Crippen MR) is 137 cm³/mol. The molecule has 1 saturated carbocycles. The maximum Gasteiger partial charge on any atom is 0.246 e. The third kappa shape index (κ3) is 4.13. The summed E-state index contributed by atoms with van der Waals surface area (Å²) in [4.78, 5) is 25.1. The van der Waals surface area contributed by atoms with Gasteiger partial charge in [0.25, 0.3) is 0 Å². The van der Waals surface area contributed by atoms with Gasteiger partial charge in [0.15, 0.2) is 0 Å². The van der Waals surface area contributed by atoms with Crippen LogP contribution >= 0.6 is 0 Å². The fourth-order valence-electron chi connectivity index (χ4n) is 5.08. The zero-order chi connectivity index (χ0) is 24.7. The van der Waals surface area contributed by atoms with Crippen LogP contribution < -0.4 is 10.5 Å². The number of carbonyl (C=O) groups excluding carboxylic acids is 1. The second kappa shape index (κ2) is 9.08. The van der Waals surface area contributed by atoms with Crippen molar-refractivity contribution in [2.24, 2.45) is 24.8 Å². The van der Waals surface area contributed by atoms with E-state index < -0.39 is 0 Å². The molecule has 3 aromatic rings. The second-order valence-corrected chi connectivity index (χ2v) is 9.47. The number of fused-ring (bicyclic) bond motifs is 2. The highest BCUT2D eigenvalue weighted by Gasteiger charge is 2.55. The first-order valence-corrected chi connectivity index (χ1v) is 11.7. The van der Waals surface area contributed by atoms with E-state index in [0.717, 1.165) is 53.2 Å². The van der Waals surface area contributed by atoms with E-state index in [0.29, 0.717) is 17.7 Å². The molecule has 8 nitrogen and oxygen atoms in total. The quantitative estimate of drug-likeness (QED) is 0.455. The number of nitrogens with zero attached hydrogens (tertiary/aromatic N) is 5. The molecule has 2 aromatic heterocycles. The summed E-state index contributed by atoms with van der Waals surface area (Å²) in [5, 5.41) is 0.779. The lowest BCUT2D eigenvalue weighted by Crippen LogP contribution is -2.30. The molecule has 0 spiro atoms. The Labute approximate surface area is 205 Å². The van der Waals surface area contributed by atoms with Crippen LogP contribution in [-0.2, 0) is 11.8 Å². The number of carbonyl (C=O) groups is 1. The number of nitrogens with two attached hydrogens (primary N) is 1. The average Bonchev–Trinajstić information content (AvgIpc) is 3.16. The van der Waals surface area contributed by atoms with Crippen molar-refractivity contribution in [3.63, 3.8) is 0 Å². The number of piperidine rings is 1. The monoisotopic (exact) mass is 470 g/mol. The molecule has 2 fully saturated rings. The van der Waals surface area contributed by atoms with Gasteiger partial charge in [0.1, 0.15) is 29.2 Å². The summed E-state index contributed by atoms with van der Waals surface area (Å²) in [7, 11) is 7.58. The SMILES string of the molecule is COc1ccccc1-c1c(C#CC2C3CN(C(=O)/C=C/CN(C)C)CC23)n(C)c2ncnc(N)c12. The molecule has 2 N–H and O–H groups in total. The molecule has 2 atom stereocenters. The van der Waals surface area contributed by atoms with Crippen LogP contribution in [0.4, 0.5) is 5.82 Å². The number of nitrogen functional groups attached to an aromatic ring is 1. The summed E-state index contributed by atoms with van der Waals surface area (Å²) in [6.45, 7) is 2.29. The lowest BCUT2D eigenvalue weighted by atomic mass is 10.0. The zero-order valence-corrected chi connectivity index (χ0v) is 20.5. The van der Waals surface area contributed by atoms with E-state index in [1.165, 1.54) is 6.33 Å². The minimum absolute atomic E-state index is 0.0898. The first-order chi connectivity index (χ1) is 16.9. The average molecular weight is 471 g/mol. The van der Waals surface area contributed by atoms with Crippen molar-refractivity contribution < 1.29 is 9.53 Å². The van der Waals surface area contributed by atoms with E-state index >= 15 is 0 Å². The molecule has 1 amide bonds. The van der Waals surface area contributed by atoms with Crippen molar-refractivity contribution in [2.45, 2.75) is 0 Å². The maximum absolute atomic E-state index is 12.5. The lowest BCUT2D eigenvalue weighted by Gasteiger charge is -2.16. The van der Waals surface area contributed by atoms with Gasteiger partial charge in [0, 0.05) is 49.8 Å². The first kappa shape index (κ1) is 22.9. The van der Waals surface area contributed by atoms with E-state index in [-0.39, 0.29) is 11.8 Å². The number of methoxy groups -OCH3 is 1. The summed E-state index contributed by atoms with van der Waals surface area (Å²) in [6.07, 6.45) is 5.08. The molecule has 0 bridgehead atoms. The van der Waals surface area contributed by atoms with E-state index in [1.807, 2.05) is 65.9 Å². The molecule has 2 aliphatic rings. The van der Waals surface area contributed by atoms with Crippen LogP contribution in [0.3, 0.4) is 0 Å². The molecule has 1 saturated heterocycles. The number of aryl methyl sites for hydroxylation is 1. The van der Waals surface area contributed by atoms with Crippen molar-refractivity contribution in [3.05, 3.63) is 48.4 Å². The number of aromatic nitrogens is 3. The van der Waals surface area contributed by atoms with Gasteiger partial charge < -0.3 is 24.8 Å². The van der Waals surface area contributed by atoms with Crippen LogP contribution in [0, 0.1) is 29.6 Å². The molecular weight excluding hydrogens is 440 g/mol. The van der Waals surface area contributed by atoms with Crippen molar-refractivity contribution in [1.29, 1.82) is 0 Å². The van der Waals surface area contributed by atoms with Gasteiger partial charge in [0.2, 0.25) is 5.91 Å². The Hall–Kier alpha value is -3.83. The van der Waals surface area contributed by atoms with Gasteiger partial charge in [-0.2, -0.15) is 0 Å². The zero-order valence-electron chi connectivity index (χ0n) is 20.5. The highest BCUT2D eigenvalue weighted by Crippen LogP contribution is 2.51. The second-order valence-electron chi connectivity index (χ2n) is 9.47. The van der Waals surface area contributed by atoms with Crippen LogP contribution in [0.25, 0.3) is 22.2 Å². The number of ether oxygens (including phenoxy) is 1. The van der Waals surface area contributed by atoms with Gasteiger partial charge in [0.05, 0.1) is 12.5 Å². The van der Waals surface area contributed by atoms with E-state index in [4.69, 9.17) is 10.5 Å². The van der Waals surface area contributed by atoms with Crippen LogP contribution in [0.15, 0.2) is 42.7 Å². The Morgan fingerprint density at radius 1 is 1.26 bits per heavy atom. The van der Waals surface area contributed by atoms with Gasteiger partial charge in [-0.25, -0.2) is 9.97 Å². The summed E-state index contributed by atoms with van der Waals surface area (Å²) in [6, 6.07) is 7.84. The van der Waals surface area contributed by atoms with Crippen molar-refractivity contribution in [1.82, 2.24) is 24.3 Å². The number of likely N-dealkylation sites (tertiary alicyclic amines) is 1. The molecule has 180 valence electrons. The highest BCUT2D eigenvalue weighted by molar-refractivity contribution is 6.04. The number of benzene rings is 1. The van der Waals surface area contributed by atoms with Gasteiger partial charge in [-0.3, -0.25) is 4.79 Å². The van der Waals surface area contributed by atoms with Crippen LogP contribution in [-0.4, -0.2) is 71.1 Å². The Morgan fingerprint density at radius 3 is 2.71 bits per heavy atom. The van der Waals surface area contributed by atoms with Crippen LogP contribution in [0.5, 0.6) is 5.75 Å². The summed E-state index contributed by atoms with van der Waals surface area (Å²) in [5.74, 6) is 9.34. The largest absolute Gasteiger partial charge is 0.496 e. The molecule has 2 unspecified atom stereocenters. The maximum atomic E-state index is 12.5. The van der Waals surface area contributed by atoms with Crippen molar-refractivity contribution in [3.8, 4) is 28.7 Å². The number of hydrogen-bond donors (Lipinski definition) is 1. The van der Waals surface area contributed by atoms with Gasteiger partial charge in [-0.15, -0.1) is 0 Å². The number of likely N-dealkylation sites (N-methyl/N-ethyl adjacent to an activating group) is 1. The van der Waals surface area contributed by atoms with E-state index in [2.05, 4.69) is 21.8 Å². The Kier molecular flexibility index (Phi) is 5.95. The van der Waals surface area contributed by atoms with E-state index in [9.17, 15) is 4.79 Å². The molecule has 5 rings (SSSR count). The van der Waals surface area contributed by atoms with Crippen LogP contribution in [0.1, 0.15) is 5.69 Å². The molecule has 1 aromatic carbocycles. The van der Waals surface area contributed by atoms with Crippen molar-refractivity contribution in [2.75, 3.05) is 46.6 Å². The smallest absolute Gasteiger partial charge is 0.246 e. The van der Waals surface area contributed by atoms with Gasteiger partial charge in [-0.1, -0.05) is 30.2 Å². The number of hydrogen-bond acceptors (Lipinski definition) is 6. The van der Waals surface area contributed by atoms with E-state index in [1.54, 1.807) is 13.2 Å². The van der Waals surface area contributed by atoms with Crippen LogP contribution in [0.2, 0.25) is 0 Å². The lowest BCUT2D eigenvalue weighted by molar-refractivity contribution is -0.125. The fraction of sp³-hybridized carbons (Fsp3) is 0.370. The third-order valence-electron chi connectivity index (χ3n) is 6.97. The number of amides is 1. The molecular formula is C27H30N6O2. The van der Waals surface area contributed by atoms with Crippen molar-refractivity contribution >= 4 is 22.8 Å². The first-order valence-electron chi connectivity index (χ1n) is 11.7. The minimum atomic E-state index is 0.0898. The molecule has 35 heavy (non-hydrogen) atoms.